The fourth-order valence-electron chi connectivity index (χ4n) is 9.38. The molecule has 2 aromatic rings. The van der Waals surface area contributed by atoms with E-state index in [0.29, 0.717) is 88.7 Å². The van der Waals surface area contributed by atoms with Gasteiger partial charge in [-0.25, -0.2) is 0 Å². The molecule has 53 heavy (non-hydrogen) atoms. The molecule has 2 amide bonds. The molecule has 1 saturated carbocycles. The fraction of sp³-hybridized carbons (Fsp3) is 0.707. The molecule has 3 saturated heterocycles. The third-order valence-corrected chi connectivity index (χ3v) is 12.0. The summed E-state index contributed by atoms with van der Waals surface area (Å²) in [5, 5.41) is 12.6. The molecule has 290 valence electrons. The monoisotopic (exact) mass is 732 g/mol. The summed E-state index contributed by atoms with van der Waals surface area (Å²) in [4.78, 5) is 29.7. The van der Waals surface area contributed by atoms with Crippen molar-refractivity contribution in [1.82, 2.24) is 29.9 Å². The van der Waals surface area contributed by atoms with Crippen LogP contribution in [0.2, 0.25) is 0 Å². The van der Waals surface area contributed by atoms with Crippen LogP contribution >= 0.6 is 0 Å². The first-order valence-electron chi connectivity index (χ1n) is 19.9. The standard InChI is InChI=1S/C41H60N6O6/c1-4-19-50-21-23-52-25-26-53-24-22-51-20-13-39(49)45-17-14-41(15-18-45)29-34(30-41)40-44-43-31(2)47(40)37-27-35-10-11-36(28-37)46(35)16-12-38(42-32(3)48)33-8-6-5-7-9-33/h1,5-9,34-38H,10-30H2,2-3H3,(H,42,48)/t35?,36?,37?,38-/m0/s1. The summed E-state index contributed by atoms with van der Waals surface area (Å²) in [5.41, 5.74) is 1.48. The Morgan fingerprint density at radius 2 is 1.53 bits per heavy atom. The van der Waals surface area contributed by atoms with Gasteiger partial charge in [0.25, 0.3) is 0 Å². The number of rotatable bonds is 20. The van der Waals surface area contributed by atoms with Crippen LogP contribution in [0.25, 0.3) is 0 Å². The number of amides is 2. The molecule has 3 atom stereocenters. The lowest BCUT2D eigenvalue weighted by atomic mass is 9.57. The molecular formula is C41H60N6O6. The van der Waals surface area contributed by atoms with Crippen LogP contribution in [0, 0.1) is 24.7 Å². The number of hydrogen-bond acceptors (Lipinski definition) is 9. The number of terminal acetylenes is 1. The number of ether oxygens (including phenoxy) is 4. The number of likely N-dealkylation sites (tertiary alicyclic amines) is 1. The third-order valence-electron chi connectivity index (χ3n) is 12.0. The van der Waals surface area contributed by atoms with Crippen molar-refractivity contribution in [3.63, 3.8) is 0 Å². The first kappa shape index (κ1) is 39.4. The molecule has 1 aliphatic carbocycles. The van der Waals surface area contributed by atoms with Gasteiger partial charge in [0.2, 0.25) is 11.8 Å². The van der Waals surface area contributed by atoms with Crippen LogP contribution < -0.4 is 5.32 Å². The molecule has 4 aliphatic rings. The topological polar surface area (TPSA) is 120 Å². The normalized spacial score (nSPS) is 23.1. The lowest BCUT2D eigenvalue weighted by molar-refractivity contribution is -0.136. The fourth-order valence-corrected chi connectivity index (χ4v) is 9.38. The second kappa shape index (κ2) is 19.3. The second-order valence-corrected chi connectivity index (χ2v) is 15.5. The molecule has 12 nitrogen and oxygen atoms in total. The van der Waals surface area contributed by atoms with Gasteiger partial charge in [-0.3, -0.25) is 14.5 Å². The Morgan fingerprint density at radius 3 is 2.15 bits per heavy atom. The molecule has 4 heterocycles. The molecule has 1 aromatic carbocycles. The molecule has 3 aliphatic heterocycles. The van der Waals surface area contributed by atoms with E-state index in [2.05, 4.69) is 44.9 Å². The van der Waals surface area contributed by atoms with Crippen molar-refractivity contribution in [3.05, 3.63) is 47.5 Å². The van der Waals surface area contributed by atoms with Crippen LogP contribution in [-0.2, 0) is 28.5 Å². The van der Waals surface area contributed by atoms with Gasteiger partial charge in [-0.1, -0.05) is 36.3 Å². The Morgan fingerprint density at radius 1 is 0.906 bits per heavy atom. The molecule has 6 rings (SSSR count). The van der Waals surface area contributed by atoms with Gasteiger partial charge in [0.15, 0.2) is 0 Å². The first-order valence-corrected chi connectivity index (χ1v) is 19.9. The van der Waals surface area contributed by atoms with Crippen LogP contribution in [0.3, 0.4) is 0 Å². The zero-order chi connectivity index (χ0) is 37.0. The smallest absolute Gasteiger partial charge is 0.224 e. The number of fused-ring (bicyclic) bond motifs is 2. The molecule has 1 spiro atoms. The molecule has 4 fully saturated rings. The number of nitrogens with one attached hydrogen (secondary N) is 1. The van der Waals surface area contributed by atoms with Gasteiger partial charge in [-0.15, -0.1) is 16.6 Å². The highest BCUT2D eigenvalue weighted by Gasteiger charge is 2.49. The Balaban J connectivity index is 0.891. The maximum atomic E-state index is 12.9. The largest absolute Gasteiger partial charge is 0.379 e. The van der Waals surface area contributed by atoms with Gasteiger partial charge in [-0.05, 0) is 75.7 Å². The Bertz CT molecular complexity index is 1480. The number of hydrogen-bond donors (Lipinski definition) is 1. The second-order valence-electron chi connectivity index (χ2n) is 15.5. The highest BCUT2D eigenvalue weighted by atomic mass is 16.6. The highest BCUT2D eigenvalue weighted by Crippen LogP contribution is 2.57. The minimum absolute atomic E-state index is 0.0196. The van der Waals surface area contributed by atoms with E-state index in [-0.39, 0.29) is 17.9 Å². The van der Waals surface area contributed by atoms with Crippen LogP contribution in [0.15, 0.2) is 30.3 Å². The van der Waals surface area contributed by atoms with E-state index in [4.69, 9.17) is 30.5 Å². The molecule has 2 bridgehead atoms. The van der Waals surface area contributed by atoms with E-state index in [9.17, 15) is 9.59 Å². The Labute approximate surface area is 315 Å². The average molecular weight is 733 g/mol. The van der Waals surface area contributed by atoms with Gasteiger partial charge in [0, 0.05) is 50.6 Å². The SMILES string of the molecule is C#CCOCCOCCOCCOCCC(=O)N1CCC2(CC1)CC(c1nnc(C)n1C1CC3CCC(C1)N3CC[C@H](NC(C)=O)c1ccccc1)C2. The van der Waals surface area contributed by atoms with Crippen molar-refractivity contribution in [1.29, 1.82) is 0 Å². The van der Waals surface area contributed by atoms with Gasteiger partial charge < -0.3 is 33.7 Å². The number of aryl methyl sites for hydroxylation is 1. The van der Waals surface area contributed by atoms with Crippen LogP contribution in [-0.4, -0.2) is 121 Å². The Hall–Kier alpha value is -3.34. The van der Waals surface area contributed by atoms with Gasteiger partial charge in [0.05, 0.1) is 58.7 Å². The van der Waals surface area contributed by atoms with E-state index in [1.807, 2.05) is 23.1 Å². The van der Waals surface area contributed by atoms with Crippen molar-refractivity contribution < 1.29 is 28.5 Å². The van der Waals surface area contributed by atoms with Crippen LogP contribution in [0.1, 0.15) is 106 Å². The van der Waals surface area contributed by atoms with Crippen molar-refractivity contribution in [2.75, 3.05) is 72.5 Å². The summed E-state index contributed by atoms with van der Waals surface area (Å²) in [6.45, 7) is 9.97. The highest BCUT2D eigenvalue weighted by molar-refractivity contribution is 5.76. The first-order chi connectivity index (χ1) is 25.9. The summed E-state index contributed by atoms with van der Waals surface area (Å²) in [5.74, 6) is 5.27. The Kier molecular flexibility index (Phi) is 14.3. The third kappa shape index (κ3) is 10.5. The quantitative estimate of drug-likeness (QED) is 0.154. The number of carbonyl (C=O) groups excluding carboxylic acids is 2. The summed E-state index contributed by atoms with van der Waals surface area (Å²) in [6, 6.07) is 11.9. The minimum atomic E-state index is 0.0196. The maximum absolute atomic E-state index is 12.9. The van der Waals surface area contributed by atoms with Gasteiger partial charge in [-0.2, -0.15) is 0 Å². The molecule has 1 N–H and O–H groups in total. The predicted molar refractivity (Wildman–Crippen MR) is 201 cm³/mol. The maximum Gasteiger partial charge on any atom is 0.224 e. The number of nitrogens with zero attached hydrogens (tertiary/aromatic N) is 5. The summed E-state index contributed by atoms with van der Waals surface area (Å²) < 4.78 is 24.2. The number of aromatic nitrogens is 3. The zero-order valence-electron chi connectivity index (χ0n) is 31.9. The minimum Gasteiger partial charge on any atom is -0.379 e. The molecule has 12 heteroatoms. The van der Waals surface area contributed by atoms with Crippen LogP contribution in [0.4, 0.5) is 0 Å². The van der Waals surface area contributed by atoms with Gasteiger partial charge >= 0.3 is 0 Å². The van der Waals surface area contributed by atoms with Crippen molar-refractivity contribution in [2.45, 2.75) is 108 Å². The van der Waals surface area contributed by atoms with Crippen molar-refractivity contribution in [2.24, 2.45) is 5.41 Å². The average Bonchev–Trinajstić information content (AvgIpc) is 3.64. The summed E-state index contributed by atoms with van der Waals surface area (Å²) in [7, 11) is 0. The van der Waals surface area contributed by atoms with Crippen LogP contribution in [0.5, 0.6) is 0 Å². The number of carbonyl (C=O) groups is 2. The summed E-state index contributed by atoms with van der Waals surface area (Å²) >= 11 is 0. The molecule has 0 radical (unpaired) electrons. The van der Waals surface area contributed by atoms with Gasteiger partial charge in [0.1, 0.15) is 18.3 Å². The molecule has 1 aromatic heterocycles. The van der Waals surface area contributed by atoms with E-state index in [1.54, 1.807) is 6.92 Å². The lowest BCUT2D eigenvalue weighted by Crippen LogP contribution is -2.49. The van der Waals surface area contributed by atoms with E-state index in [1.165, 1.54) is 24.2 Å². The van der Waals surface area contributed by atoms with Crippen molar-refractivity contribution >= 4 is 11.8 Å². The zero-order valence-corrected chi connectivity index (χ0v) is 31.9. The van der Waals surface area contributed by atoms with Crippen molar-refractivity contribution in [3.8, 4) is 12.3 Å². The lowest BCUT2D eigenvalue weighted by Gasteiger charge is -2.52. The molecule has 2 unspecified atom stereocenters. The summed E-state index contributed by atoms with van der Waals surface area (Å²) in [6.07, 6.45) is 15.6. The van der Waals surface area contributed by atoms with E-state index < -0.39 is 0 Å². The predicted octanol–water partition coefficient (Wildman–Crippen LogP) is 4.60. The van der Waals surface area contributed by atoms with E-state index in [0.717, 1.165) is 70.4 Å². The number of benzene rings is 1. The number of piperidine rings is 2. The van der Waals surface area contributed by atoms with E-state index >= 15 is 0 Å². The molecular weight excluding hydrogens is 672 g/mol.